The Bertz CT molecular complexity index is 981. The number of methoxy groups -OCH3 is 1. The summed E-state index contributed by atoms with van der Waals surface area (Å²) < 4.78 is 7.39. The minimum absolute atomic E-state index is 0.208. The summed E-state index contributed by atoms with van der Waals surface area (Å²) in [4.78, 5) is 13.7. The van der Waals surface area contributed by atoms with Crippen LogP contribution in [0, 0.1) is 0 Å². The number of carbonyl (C=O) groups is 1. The average Bonchev–Trinajstić information content (AvgIpc) is 3.17. The number of aliphatic hydroxyl groups excluding tert-OH is 1. The number of likely N-dealkylation sites (tertiary alicyclic amines) is 1. The van der Waals surface area contributed by atoms with Gasteiger partial charge in [0.15, 0.2) is 0 Å². The summed E-state index contributed by atoms with van der Waals surface area (Å²) in [6.45, 7) is 3.73. The lowest BCUT2D eigenvalue weighted by Crippen LogP contribution is -2.42. The minimum atomic E-state index is -0.964. The van der Waals surface area contributed by atoms with E-state index in [2.05, 4.69) is 32.7 Å². The molecule has 1 atom stereocenters. The van der Waals surface area contributed by atoms with Crippen LogP contribution >= 0.6 is 11.9 Å². The van der Waals surface area contributed by atoms with Gasteiger partial charge in [0.1, 0.15) is 11.5 Å². The summed E-state index contributed by atoms with van der Waals surface area (Å²) in [6.07, 6.45) is 0.885. The molecular weight excluding hydrogens is 442 g/mol. The number of ether oxygens (including phenoxy) is 1. The number of nitrogens with zero attached hydrogens (tertiary/aromatic N) is 2. The van der Waals surface area contributed by atoms with Crippen molar-refractivity contribution in [3.63, 3.8) is 0 Å². The van der Waals surface area contributed by atoms with Crippen molar-refractivity contribution < 1.29 is 24.9 Å². The van der Waals surface area contributed by atoms with Gasteiger partial charge in [-0.1, -0.05) is 6.07 Å². The fourth-order valence-corrected chi connectivity index (χ4v) is 5.38. The van der Waals surface area contributed by atoms with Crippen molar-refractivity contribution in [1.29, 1.82) is 0 Å². The topological polar surface area (TPSA) is 106 Å². The molecule has 1 unspecified atom stereocenters. The van der Waals surface area contributed by atoms with Gasteiger partial charge in [0, 0.05) is 50.5 Å². The number of nitrogens with one attached hydrogen (secondary N) is 1. The highest BCUT2D eigenvalue weighted by atomic mass is 32.2. The van der Waals surface area contributed by atoms with Gasteiger partial charge in [-0.15, -0.1) is 0 Å². The number of carboxylic acids is 1. The highest BCUT2D eigenvalue weighted by Gasteiger charge is 2.24. The Morgan fingerprint density at radius 2 is 1.94 bits per heavy atom. The Hall–Kier alpha value is -2.46. The fourth-order valence-electron chi connectivity index (χ4n) is 4.42. The number of aliphatic hydroxyl groups is 1. The molecule has 4 N–H and O–H groups in total. The predicted molar refractivity (Wildman–Crippen MR) is 128 cm³/mol. The summed E-state index contributed by atoms with van der Waals surface area (Å²) in [7, 11) is 1.58. The molecule has 8 nitrogen and oxygen atoms in total. The van der Waals surface area contributed by atoms with Crippen molar-refractivity contribution in [2.45, 2.75) is 49.4 Å². The van der Waals surface area contributed by atoms with Crippen LogP contribution in [0.1, 0.15) is 30.4 Å². The van der Waals surface area contributed by atoms with Crippen molar-refractivity contribution >= 4 is 23.6 Å². The molecule has 2 aliphatic rings. The van der Waals surface area contributed by atoms with Gasteiger partial charge >= 0.3 is 5.97 Å². The molecule has 0 bridgehead atoms. The molecule has 0 amide bonds. The zero-order valence-corrected chi connectivity index (χ0v) is 19.6. The third kappa shape index (κ3) is 6.32. The van der Waals surface area contributed by atoms with Gasteiger partial charge in [0.25, 0.3) is 0 Å². The van der Waals surface area contributed by atoms with Crippen molar-refractivity contribution in [3.05, 3.63) is 47.5 Å². The Kier molecular flexibility index (Phi) is 7.64. The van der Waals surface area contributed by atoms with Crippen LogP contribution in [0.5, 0.6) is 11.5 Å². The van der Waals surface area contributed by atoms with Crippen molar-refractivity contribution in [1.82, 2.24) is 9.21 Å². The second-order valence-corrected chi connectivity index (χ2v) is 9.82. The molecule has 0 saturated carbocycles. The molecule has 0 aromatic heterocycles. The third-order valence-corrected chi connectivity index (χ3v) is 7.19. The molecule has 2 heterocycles. The van der Waals surface area contributed by atoms with E-state index in [-0.39, 0.29) is 12.2 Å². The van der Waals surface area contributed by atoms with Crippen LogP contribution in [0.4, 0.5) is 5.69 Å². The quantitative estimate of drug-likeness (QED) is 0.409. The smallest absolute Gasteiger partial charge is 0.306 e. The molecule has 4 rings (SSSR count). The lowest BCUT2D eigenvalue weighted by molar-refractivity contribution is -0.139. The molecule has 33 heavy (non-hydrogen) atoms. The predicted octanol–water partition coefficient (Wildman–Crippen LogP) is 3.14. The van der Waals surface area contributed by atoms with E-state index in [4.69, 9.17) is 9.84 Å². The summed E-state index contributed by atoms with van der Waals surface area (Å²) >= 11 is 1.55. The van der Waals surface area contributed by atoms with Crippen LogP contribution in [-0.4, -0.2) is 69.4 Å². The second kappa shape index (κ2) is 10.6. The molecule has 9 heteroatoms. The number of aromatic hydroxyl groups is 1. The van der Waals surface area contributed by atoms with Gasteiger partial charge < -0.3 is 30.3 Å². The Morgan fingerprint density at radius 1 is 1.18 bits per heavy atom. The molecule has 0 spiro atoms. The van der Waals surface area contributed by atoms with E-state index in [1.807, 2.05) is 12.1 Å². The largest absolute Gasteiger partial charge is 0.507 e. The highest BCUT2D eigenvalue weighted by molar-refractivity contribution is 7.97. The number of phenols is 1. The second-order valence-electron chi connectivity index (χ2n) is 8.68. The van der Waals surface area contributed by atoms with Crippen molar-refractivity contribution in [3.8, 4) is 11.5 Å². The van der Waals surface area contributed by atoms with Crippen LogP contribution in [0.3, 0.4) is 0 Å². The lowest BCUT2D eigenvalue weighted by atomic mass is 10.0. The van der Waals surface area contributed by atoms with E-state index in [0.29, 0.717) is 18.3 Å². The van der Waals surface area contributed by atoms with Crippen LogP contribution in [0.15, 0.2) is 41.3 Å². The van der Waals surface area contributed by atoms with E-state index < -0.39 is 12.1 Å². The summed E-state index contributed by atoms with van der Waals surface area (Å²) in [5.74, 6) is -0.104. The van der Waals surface area contributed by atoms with E-state index in [1.165, 1.54) is 11.1 Å². The van der Waals surface area contributed by atoms with E-state index in [0.717, 1.165) is 49.6 Å². The number of anilines is 1. The molecule has 1 fully saturated rings. The SMILES string of the molecule is COc1ccc(SN2Cc3ccc(NC4CCN(CC(O)CC(=O)O)CC4)cc3C2)c(O)c1. The third-order valence-electron chi connectivity index (χ3n) is 6.13. The highest BCUT2D eigenvalue weighted by Crippen LogP contribution is 2.38. The van der Waals surface area contributed by atoms with Gasteiger partial charge in [0.05, 0.1) is 24.5 Å². The number of hydrogen-bond donors (Lipinski definition) is 4. The molecule has 2 aromatic rings. The number of hydrogen-bond acceptors (Lipinski definition) is 8. The number of phenolic OH excluding ortho intramolecular Hbond substituents is 1. The molecule has 0 radical (unpaired) electrons. The minimum Gasteiger partial charge on any atom is -0.507 e. The maximum Gasteiger partial charge on any atom is 0.306 e. The Morgan fingerprint density at radius 3 is 2.64 bits per heavy atom. The van der Waals surface area contributed by atoms with E-state index in [9.17, 15) is 15.0 Å². The van der Waals surface area contributed by atoms with Gasteiger partial charge in [0.2, 0.25) is 0 Å². The van der Waals surface area contributed by atoms with Gasteiger partial charge in [-0.25, -0.2) is 4.31 Å². The van der Waals surface area contributed by atoms with Crippen LogP contribution in [-0.2, 0) is 17.9 Å². The Balaban J connectivity index is 1.27. The number of rotatable bonds is 9. The van der Waals surface area contributed by atoms with E-state index in [1.54, 1.807) is 25.1 Å². The van der Waals surface area contributed by atoms with Crippen molar-refractivity contribution in [2.24, 2.45) is 0 Å². The van der Waals surface area contributed by atoms with Gasteiger partial charge in [-0.05, 0) is 60.2 Å². The van der Waals surface area contributed by atoms with Crippen LogP contribution < -0.4 is 10.1 Å². The monoisotopic (exact) mass is 473 g/mol. The standard InChI is InChI=1S/C24H31N3O5S/c1-32-21-4-5-23(22(29)12-21)33-27-13-16-2-3-19(10-17(16)14-27)25-18-6-8-26(9-7-18)15-20(28)11-24(30)31/h2-5,10,12,18,20,25,28-29H,6-9,11,13-15H2,1H3,(H,30,31). The lowest BCUT2D eigenvalue weighted by Gasteiger charge is -2.33. The first-order valence-corrected chi connectivity index (χ1v) is 12.0. The summed E-state index contributed by atoms with van der Waals surface area (Å²) in [6, 6.07) is 12.2. The zero-order valence-electron chi connectivity index (χ0n) is 18.7. The summed E-state index contributed by atoms with van der Waals surface area (Å²) in [5.41, 5.74) is 3.69. The van der Waals surface area contributed by atoms with Gasteiger partial charge in [-0.2, -0.15) is 0 Å². The molecular formula is C24H31N3O5S. The number of piperidine rings is 1. The van der Waals surface area contributed by atoms with Crippen LogP contribution in [0.2, 0.25) is 0 Å². The first kappa shape index (κ1) is 23.7. The maximum absolute atomic E-state index is 10.7. The molecule has 2 aromatic carbocycles. The van der Waals surface area contributed by atoms with Crippen molar-refractivity contribution in [2.75, 3.05) is 32.1 Å². The number of carboxylic acid groups (broad SMARTS) is 1. The molecule has 0 aliphatic carbocycles. The molecule has 178 valence electrons. The summed E-state index contributed by atoms with van der Waals surface area (Å²) in [5, 5.41) is 32.5. The number of benzene rings is 2. The zero-order chi connectivity index (χ0) is 23.4. The van der Waals surface area contributed by atoms with Gasteiger partial charge in [-0.3, -0.25) is 4.79 Å². The normalized spacial score (nSPS) is 18.1. The van der Waals surface area contributed by atoms with Crippen LogP contribution in [0.25, 0.3) is 0 Å². The number of aliphatic carboxylic acids is 1. The van der Waals surface area contributed by atoms with E-state index >= 15 is 0 Å². The number of fused-ring (bicyclic) bond motifs is 1. The average molecular weight is 474 g/mol. The molecule has 2 aliphatic heterocycles. The molecule has 1 saturated heterocycles. The first-order valence-electron chi connectivity index (χ1n) is 11.2. The maximum atomic E-state index is 10.7. The fraction of sp³-hybridized carbons (Fsp3) is 0.458. The number of β-amino-alcohol motifs (C(OH)–C–C–N with tert-alkyl or cyclic N) is 1. The Labute approximate surface area is 198 Å². The first-order chi connectivity index (χ1) is 15.9.